The molecule has 0 saturated heterocycles. The predicted molar refractivity (Wildman–Crippen MR) is 28.1 cm³/mol. The molecule has 2 N–H and O–H groups in total. The molecule has 8 heavy (non-hydrogen) atoms. The Morgan fingerprint density at radius 3 is 1.50 bits per heavy atom. The van der Waals surface area contributed by atoms with Crippen molar-refractivity contribution in [2.45, 2.75) is 0 Å². The summed E-state index contributed by atoms with van der Waals surface area (Å²) in [4.78, 5) is 9.18. The van der Waals surface area contributed by atoms with Crippen molar-refractivity contribution in [3.05, 3.63) is 0 Å². The van der Waals surface area contributed by atoms with Gasteiger partial charge in [-0.2, -0.15) is 8.42 Å². The summed E-state index contributed by atoms with van der Waals surface area (Å²) in [5.41, 5.74) is 0. The Morgan fingerprint density at radius 2 is 1.50 bits per heavy atom. The minimum atomic E-state index is -4.82. The van der Waals surface area contributed by atoms with E-state index in [1.165, 1.54) is 0 Å². The fourth-order valence-electron chi connectivity index (χ4n) is 0. The Labute approximate surface area is 75.4 Å². The van der Waals surface area contributed by atoms with Crippen molar-refractivity contribution in [1.82, 2.24) is 0 Å². The van der Waals surface area contributed by atoms with E-state index in [1.807, 2.05) is 0 Å². The van der Waals surface area contributed by atoms with Crippen LogP contribution in [0.4, 0.5) is 4.79 Å². The van der Waals surface area contributed by atoms with Crippen LogP contribution in [0, 0.1) is 0 Å². The Hall–Kier alpha value is 0.640. The van der Waals surface area contributed by atoms with Crippen LogP contribution in [0.2, 0.25) is 0 Å². The third kappa shape index (κ3) is 4.79. The van der Waals surface area contributed by atoms with E-state index in [9.17, 15) is 13.2 Å². The van der Waals surface area contributed by atoms with Gasteiger partial charge < -0.3 is 5.11 Å². The van der Waals surface area contributed by atoms with Gasteiger partial charge in [0.15, 0.2) is 0 Å². The molecule has 0 aromatic carbocycles. The van der Waals surface area contributed by atoms with Crippen molar-refractivity contribution in [2.75, 3.05) is 0 Å². The van der Waals surface area contributed by atoms with E-state index in [0.29, 0.717) is 0 Å². The molecule has 0 bridgehead atoms. The van der Waals surface area contributed by atoms with E-state index in [4.69, 9.17) is 9.66 Å². The molecule has 0 atom stereocenters. The molecule has 0 aromatic heterocycles. The van der Waals surface area contributed by atoms with Crippen molar-refractivity contribution in [2.24, 2.45) is 0 Å². The van der Waals surface area contributed by atoms with Gasteiger partial charge in [-0.15, -0.1) is 0 Å². The zero-order valence-electron chi connectivity index (χ0n) is 3.03. The maximum absolute atomic E-state index is 9.29. The quantitative estimate of drug-likeness (QED) is 0.344. The molecule has 0 spiro atoms. The first-order valence-electron chi connectivity index (χ1n) is 1.15. The molecule has 7 heteroatoms. The van der Waals surface area contributed by atoms with Gasteiger partial charge in [0.2, 0.25) is 0 Å². The fourth-order valence-corrected chi connectivity index (χ4v) is 0. The van der Waals surface area contributed by atoms with Gasteiger partial charge in [-0.3, -0.25) is 4.55 Å². The zero-order valence-corrected chi connectivity index (χ0v) is 3.84. The third-order valence-corrected chi connectivity index (χ3v) is 0.662. The molecule has 0 aliphatic heterocycles. The standard InChI is InChI=1S/CH2O5S.Ca.2H/c2-1(3)7(4,5)6;;;/h(H,2,3)(H,4,5,6);;;. The van der Waals surface area contributed by atoms with E-state index in [2.05, 4.69) is 0 Å². The molecule has 0 amide bonds. The van der Waals surface area contributed by atoms with Crippen LogP contribution in [0.5, 0.6) is 0 Å². The van der Waals surface area contributed by atoms with Crippen LogP contribution in [0.25, 0.3) is 0 Å². The molecule has 0 fully saturated rings. The number of rotatable bonds is 0. The first kappa shape index (κ1) is 11.4. The van der Waals surface area contributed by atoms with Crippen LogP contribution in [0.1, 0.15) is 0 Å². The number of hydrogen-bond acceptors (Lipinski definition) is 3. The first-order valence-corrected chi connectivity index (χ1v) is 2.59. The second-order valence-corrected chi connectivity index (χ2v) is 2.04. The molecule has 46 valence electrons. The van der Waals surface area contributed by atoms with Crippen LogP contribution in [-0.2, 0) is 10.1 Å². The summed E-state index contributed by atoms with van der Waals surface area (Å²) >= 11 is 0. The van der Waals surface area contributed by atoms with Crippen molar-refractivity contribution in [1.29, 1.82) is 0 Å². The summed E-state index contributed by atoms with van der Waals surface area (Å²) in [5, 5.41) is 5.18. The van der Waals surface area contributed by atoms with Gasteiger partial charge in [-0.05, 0) is 0 Å². The Bertz CT molecular complexity index is 167. The molecule has 0 radical (unpaired) electrons. The topological polar surface area (TPSA) is 91.7 Å². The van der Waals surface area contributed by atoms with E-state index in [0.717, 1.165) is 0 Å². The van der Waals surface area contributed by atoms with Crippen molar-refractivity contribution in [3.8, 4) is 0 Å². The van der Waals surface area contributed by atoms with Crippen LogP contribution in [0.3, 0.4) is 0 Å². The van der Waals surface area contributed by atoms with Gasteiger partial charge in [-0.25, -0.2) is 4.79 Å². The average Bonchev–Trinajstić information content (AvgIpc) is 1.31. The predicted octanol–water partition coefficient (Wildman–Crippen LogP) is -1.36. The molecule has 0 aliphatic carbocycles. The van der Waals surface area contributed by atoms with Gasteiger partial charge in [0, 0.05) is 0 Å². The number of hydrogen-bond donors (Lipinski definition) is 2. The Balaban J connectivity index is 0. The van der Waals surface area contributed by atoms with E-state index in [-0.39, 0.29) is 37.7 Å². The number of carboxylic acid groups (broad SMARTS) is 1. The molecule has 0 unspecified atom stereocenters. The molecule has 0 heterocycles. The van der Waals surface area contributed by atoms with E-state index in [1.54, 1.807) is 0 Å². The van der Waals surface area contributed by atoms with Crippen molar-refractivity contribution in [3.63, 3.8) is 0 Å². The van der Waals surface area contributed by atoms with Gasteiger partial charge in [-0.1, -0.05) is 0 Å². The molecule has 0 aliphatic rings. The second-order valence-electron chi connectivity index (χ2n) is 0.741. The molecule has 0 rings (SSSR count). The van der Waals surface area contributed by atoms with Gasteiger partial charge in [0.05, 0.1) is 0 Å². The minimum absolute atomic E-state index is 0. The maximum atomic E-state index is 9.29. The van der Waals surface area contributed by atoms with Crippen molar-refractivity contribution >= 4 is 53.2 Å². The van der Waals surface area contributed by atoms with Crippen molar-refractivity contribution < 1.29 is 22.9 Å². The Morgan fingerprint density at radius 1 is 1.38 bits per heavy atom. The Kier molecular flexibility index (Phi) is 5.18. The fraction of sp³-hybridized carbons (Fsp3) is 0. The summed E-state index contributed by atoms with van der Waals surface area (Å²) in [7, 11) is -4.82. The normalized spacial score (nSPS) is 9.62. The van der Waals surface area contributed by atoms with Crippen LogP contribution < -0.4 is 0 Å². The second kappa shape index (κ2) is 3.62. The molecule has 5 nitrogen and oxygen atoms in total. The van der Waals surface area contributed by atoms with Crippen LogP contribution in [0.15, 0.2) is 0 Å². The van der Waals surface area contributed by atoms with E-state index >= 15 is 0 Å². The molecule has 0 saturated carbocycles. The molecular weight excluding hydrogens is 164 g/mol. The van der Waals surface area contributed by atoms with Gasteiger partial charge in [0.25, 0.3) is 0 Å². The zero-order chi connectivity index (χ0) is 6.08. The molecule has 0 aromatic rings. The summed E-state index contributed by atoms with van der Waals surface area (Å²) in [6.45, 7) is 0. The monoisotopic (exact) mass is 168 g/mol. The van der Waals surface area contributed by atoms with Gasteiger partial charge in [0.1, 0.15) is 0 Å². The average molecular weight is 168 g/mol. The van der Waals surface area contributed by atoms with Gasteiger partial charge >= 0.3 is 53.2 Å². The van der Waals surface area contributed by atoms with Crippen LogP contribution >= 0.6 is 0 Å². The van der Waals surface area contributed by atoms with Crippen LogP contribution in [-0.4, -0.2) is 61.1 Å². The summed E-state index contributed by atoms with van der Waals surface area (Å²) in [5.74, 6) is 0. The third-order valence-electron chi connectivity index (χ3n) is 0.221. The van der Waals surface area contributed by atoms with E-state index < -0.39 is 15.4 Å². The molecular formula is CH4CaO5S. The summed E-state index contributed by atoms with van der Waals surface area (Å²) < 4.78 is 26.0. The summed E-state index contributed by atoms with van der Waals surface area (Å²) in [6, 6.07) is 0. The number of carbonyl (C=O) groups is 1. The first-order chi connectivity index (χ1) is 2.94. The summed E-state index contributed by atoms with van der Waals surface area (Å²) in [6.07, 6.45) is 0. The SMILES string of the molecule is O=C(O)S(=O)(=O)O.[CaH2].